The van der Waals surface area contributed by atoms with Gasteiger partial charge in [-0.2, -0.15) is 5.10 Å². The van der Waals surface area contributed by atoms with Gasteiger partial charge in [0.2, 0.25) is 0 Å². The Labute approximate surface area is 96.4 Å². The fourth-order valence-corrected chi connectivity index (χ4v) is 1.66. The summed E-state index contributed by atoms with van der Waals surface area (Å²) in [4.78, 5) is 0. The molecule has 0 aliphatic rings. The molecule has 92 valence electrons. The zero-order valence-electron chi connectivity index (χ0n) is 10.2. The number of hydrogen-bond acceptors (Lipinski definition) is 4. The molecule has 1 heterocycles. The van der Waals surface area contributed by atoms with Crippen LogP contribution in [0.15, 0.2) is 12.3 Å². The van der Waals surface area contributed by atoms with E-state index in [4.69, 9.17) is 9.84 Å². The largest absolute Gasteiger partial charge is 0.396 e. The number of methoxy groups -OCH3 is 1. The maximum Gasteiger partial charge on any atom is 0.0642 e. The Morgan fingerprint density at radius 1 is 1.62 bits per heavy atom. The molecule has 5 nitrogen and oxygen atoms in total. The van der Waals surface area contributed by atoms with E-state index in [2.05, 4.69) is 10.4 Å². The standard InChI is InChI=1S/C11H21N3O2/c1-11(5-7-15,9-16-3)12-8-10-4-6-13-14(10)2/h4,6,12,15H,5,7-9H2,1-3H3. The summed E-state index contributed by atoms with van der Waals surface area (Å²) in [6.45, 7) is 3.49. The number of nitrogens with one attached hydrogen (secondary N) is 1. The molecule has 0 bridgehead atoms. The monoisotopic (exact) mass is 227 g/mol. The van der Waals surface area contributed by atoms with Crippen LogP contribution in [-0.2, 0) is 18.3 Å². The van der Waals surface area contributed by atoms with Gasteiger partial charge in [-0.3, -0.25) is 4.68 Å². The van der Waals surface area contributed by atoms with Gasteiger partial charge in [0.05, 0.1) is 12.3 Å². The Morgan fingerprint density at radius 2 is 2.38 bits per heavy atom. The van der Waals surface area contributed by atoms with Gasteiger partial charge in [-0.25, -0.2) is 0 Å². The van der Waals surface area contributed by atoms with Crippen LogP contribution >= 0.6 is 0 Å². The number of hydrogen-bond donors (Lipinski definition) is 2. The minimum absolute atomic E-state index is 0.151. The van der Waals surface area contributed by atoms with Crippen LogP contribution in [0.5, 0.6) is 0 Å². The van der Waals surface area contributed by atoms with Crippen molar-refractivity contribution in [3.8, 4) is 0 Å². The van der Waals surface area contributed by atoms with Crippen LogP contribution in [-0.4, -0.2) is 40.7 Å². The first kappa shape index (κ1) is 13.2. The quantitative estimate of drug-likeness (QED) is 0.703. The molecule has 2 N–H and O–H groups in total. The molecule has 16 heavy (non-hydrogen) atoms. The number of aryl methyl sites for hydroxylation is 1. The molecule has 0 aromatic carbocycles. The molecule has 0 amide bonds. The van der Waals surface area contributed by atoms with Gasteiger partial charge < -0.3 is 15.2 Å². The van der Waals surface area contributed by atoms with Crippen molar-refractivity contribution in [3.63, 3.8) is 0 Å². The summed E-state index contributed by atoms with van der Waals surface area (Å²) in [5.41, 5.74) is 0.911. The minimum atomic E-state index is -0.201. The number of aromatic nitrogens is 2. The lowest BCUT2D eigenvalue weighted by Gasteiger charge is -2.29. The molecular weight excluding hydrogens is 206 g/mol. The van der Waals surface area contributed by atoms with Crippen LogP contribution in [0.4, 0.5) is 0 Å². The van der Waals surface area contributed by atoms with E-state index in [1.54, 1.807) is 13.3 Å². The predicted molar refractivity (Wildman–Crippen MR) is 62.0 cm³/mol. The molecule has 0 fully saturated rings. The SMILES string of the molecule is COCC(C)(CCO)NCc1ccnn1C. The molecule has 0 radical (unpaired) electrons. The third-order valence-electron chi connectivity index (χ3n) is 2.75. The van der Waals surface area contributed by atoms with Crippen molar-refractivity contribution in [2.24, 2.45) is 7.05 Å². The number of rotatable bonds is 7. The van der Waals surface area contributed by atoms with Gasteiger partial charge in [-0.15, -0.1) is 0 Å². The van der Waals surface area contributed by atoms with E-state index in [-0.39, 0.29) is 12.1 Å². The van der Waals surface area contributed by atoms with Crippen LogP contribution in [0.1, 0.15) is 19.0 Å². The van der Waals surface area contributed by atoms with Crippen molar-refractivity contribution >= 4 is 0 Å². The number of aliphatic hydroxyl groups excluding tert-OH is 1. The molecular formula is C11H21N3O2. The number of ether oxygens (including phenoxy) is 1. The van der Waals surface area contributed by atoms with Gasteiger partial charge in [-0.1, -0.05) is 0 Å². The molecule has 1 aromatic heterocycles. The summed E-state index contributed by atoms with van der Waals surface area (Å²) in [6.07, 6.45) is 2.44. The zero-order valence-corrected chi connectivity index (χ0v) is 10.2. The van der Waals surface area contributed by atoms with Gasteiger partial charge >= 0.3 is 0 Å². The average molecular weight is 227 g/mol. The lowest BCUT2D eigenvalue weighted by molar-refractivity contribution is 0.0965. The lowest BCUT2D eigenvalue weighted by Crippen LogP contribution is -2.46. The zero-order chi connectivity index (χ0) is 12.0. The summed E-state index contributed by atoms with van der Waals surface area (Å²) in [6, 6.07) is 1.97. The first-order valence-corrected chi connectivity index (χ1v) is 5.43. The van der Waals surface area contributed by atoms with Crippen LogP contribution < -0.4 is 5.32 Å². The van der Waals surface area contributed by atoms with Crippen LogP contribution in [0, 0.1) is 0 Å². The van der Waals surface area contributed by atoms with Crippen LogP contribution in [0.2, 0.25) is 0 Å². The summed E-state index contributed by atoms with van der Waals surface area (Å²) in [7, 11) is 3.58. The summed E-state index contributed by atoms with van der Waals surface area (Å²) < 4.78 is 7.00. The molecule has 1 unspecified atom stereocenters. The number of nitrogens with zero attached hydrogens (tertiary/aromatic N) is 2. The van der Waals surface area contributed by atoms with Crippen molar-refractivity contribution < 1.29 is 9.84 Å². The van der Waals surface area contributed by atoms with E-state index in [1.165, 1.54) is 0 Å². The Balaban J connectivity index is 2.53. The predicted octanol–water partition coefficient (Wildman–Crippen LogP) is 0.297. The second-order valence-electron chi connectivity index (χ2n) is 4.27. The molecule has 0 aliphatic carbocycles. The van der Waals surface area contributed by atoms with Gasteiger partial charge in [-0.05, 0) is 19.4 Å². The first-order chi connectivity index (χ1) is 7.61. The van der Waals surface area contributed by atoms with Gasteiger partial charge in [0.1, 0.15) is 0 Å². The maximum absolute atomic E-state index is 9.03. The van der Waals surface area contributed by atoms with E-state index >= 15 is 0 Å². The van der Waals surface area contributed by atoms with E-state index in [0.29, 0.717) is 13.0 Å². The third-order valence-corrected chi connectivity index (χ3v) is 2.75. The summed E-state index contributed by atoms with van der Waals surface area (Å²) in [5.74, 6) is 0. The van der Waals surface area contributed by atoms with Gasteiger partial charge in [0.15, 0.2) is 0 Å². The fraction of sp³-hybridized carbons (Fsp3) is 0.727. The van der Waals surface area contributed by atoms with Crippen molar-refractivity contribution in [2.75, 3.05) is 20.3 Å². The Hall–Kier alpha value is -0.910. The van der Waals surface area contributed by atoms with Gasteiger partial charge in [0, 0.05) is 39.0 Å². The van der Waals surface area contributed by atoms with E-state index in [1.807, 2.05) is 24.7 Å². The molecule has 5 heteroatoms. The highest BCUT2D eigenvalue weighted by molar-refractivity contribution is 5.00. The fourth-order valence-electron chi connectivity index (χ4n) is 1.66. The first-order valence-electron chi connectivity index (χ1n) is 5.43. The normalized spacial score (nSPS) is 15.0. The number of aliphatic hydroxyl groups is 1. The Kier molecular flexibility index (Phi) is 4.92. The smallest absolute Gasteiger partial charge is 0.0642 e. The highest BCUT2D eigenvalue weighted by Gasteiger charge is 2.23. The Bertz CT molecular complexity index is 306. The average Bonchev–Trinajstić information content (AvgIpc) is 2.62. The van der Waals surface area contributed by atoms with Gasteiger partial charge in [0.25, 0.3) is 0 Å². The summed E-state index contributed by atoms with van der Waals surface area (Å²) >= 11 is 0. The molecule has 0 spiro atoms. The minimum Gasteiger partial charge on any atom is -0.396 e. The molecule has 1 atom stereocenters. The Morgan fingerprint density at radius 3 is 2.88 bits per heavy atom. The summed E-state index contributed by atoms with van der Waals surface area (Å²) in [5, 5.41) is 16.5. The maximum atomic E-state index is 9.03. The second kappa shape index (κ2) is 5.98. The van der Waals surface area contributed by atoms with Crippen LogP contribution in [0.3, 0.4) is 0 Å². The lowest BCUT2D eigenvalue weighted by atomic mass is 9.99. The third kappa shape index (κ3) is 3.59. The molecule has 1 aromatic rings. The molecule has 1 rings (SSSR count). The van der Waals surface area contributed by atoms with E-state index < -0.39 is 0 Å². The van der Waals surface area contributed by atoms with E-state index in [9.17, 15) is 0 Å². The van der Waals surface area contributed by atoms with Crippen molar-refractivity contribution in [1.82, 2.24) is 15.1 Å². The topological polar surface area (TPSA) is 59.3 Å². The second-order valence-corrected chi connectivity index (χ2v) is 4.27. The van der Waals surface area contributed by atoms with Crippen molar-refractivity contribution in [3.05, 3.63) is 18.0 Å². The molecule has 0 saturated heterocycles. The van der Waals surface area contributed by atoms with Crippen LogP contribution in [0.25, 0.3) is 0 Å². The highest BCUT2D eigenvalue weighted by Crippen LogP contribution is 2.11. The highest BCUT2D eigenvalue weighted by atomic mass is 16.5. The molecule has 0 aliphatic heterocycles. The van der Waals surface area contributed by atoms with E-state index in [0.717, 1.165) is 12.2 Å². The molecule has 0 saturated carbocycles. The van der Waals surface area contributed by atoms with Crippen molar-refractivity contribution in [1.29, 1.82) is 0 Å². The van der Waals surface area contributed by atoms with Crippen molar-refractivity contribution in [2.45, 2.75) is 25.4 Å².